The number of imidazole rings is 1. The van der Waals surface area contributed by atoms with Crippen molar-refractivity contribution in [3.05, 3.63) is 64.3 Å². The molecule has 0 saturated carbocycles. The van der Waals surface area contributed by atoms with Crippen LogP contribution in [-0.2, 0) is 35.7 Å². The highest BCUT2D eigenvalue weighted by molar-refractivity contribution is 6.28. The Balaban J connectivity index is 1.81. The lowest BCUT2D eigenvalue weighted by atomic mass is 10.0. The quantitative estimate of drug-likeness (QED) is 0.230. The fourth-order valence-electron chi connectivity index (χ4n) is 3.43. The van der Waals surface area contributed by atoms with Gasteiger partial charge in [-0.2, -0.15) is 13.2 Å². The molecule has 0 bridgehead atoms. The number of hydrogen-bond acceptors (Lipinski definition) is 6. The summed E-state index contributed by atoms with van der Waals surface area (Å²) in [5.74, 6) is 0.154. The molecule has 0 aliphatic rings. The molecule has 0 fully saturated rings. The molecule has 3 aromatic rings. The molecule has 0 saturated heterocycles. The Morgan fingerprint density at radius 1 is 1.22 bits per heavy atom. The SMILES string of the molecule is CCc1cc(CNc2nc(Cl)ncc2/C=C/C(=O)OC(C)(C)C)ccc1-c1nc(C(F)(F)F)cn1C. The van der Waals surface area contributed by atoms with Gasteiger partial charge in [0.15, 0.2) is 5.69 Å². The van der Waals surface area contributed by atoms with E-state index in [0.717, 1.165) is 17.3 Å². The van der Waals surface area contributed by atoms with Crippen molar-refractivity contribution in [2.75, 3.05) is 5.32 Å². The maximum Gasteiger partial charge on any atom is 0.434 e. The number of benzene rings is 1. The molecule has 11 heteroatoms. The van der Waals surface area contributed by atoms with Crippen molar-refractivity contribution in [2.45, 2.75) is 52.4 Å². The Kier molecular flexibility index (Phi) is 8.08. The molecule has 0 aliphatic heterocycles. The first-order valence-corrected chi connectivity index (χ1v) is 11.5. The minimum atomic E-state index is -4.51. The largest absolute Gasteiger partial charge is 0.457 e. The molecule has 7 nitrogen and oxygen atoms in total. The summed E-state index contributed by atoms with van der Waals surface area (Å²) in [6.45, 7) is 7.60. The predicted octanol–water partition coefficient (Wildman–Crippen LogP) is 6.08. The number of rotatable bonds is 7. The van der Waals surface area contributed by atoms with E-state index in [0.29, 0.717) is 29.9 Å². The van der Waals surface area contributed by atoms with Gasteiger partial charge in [0.05, 0.1) is 0 Å². The number of aryl methyl sites for hydroxylation is 2. The number of aromatic nitrogens is 4. The van der Waals surface area contributed by atoms with Crippen LogP contribution in [0.5, 0.6) is 0 Å². The second-order valence-electron chi connectivity index (χ2n) is 9.07. The summed E-state index contributed by atoms with van der Waals surface area (Å²) in [6, 6.07) is 5.47. The number of carbonyl (C=O) groups is 1. The smallest absolute Gasteiger partial charge is 0.434 e. The van der Waals surface area contributed by atoms with Crippen molar-refractivity contribution in [3.63, 3.8) is 0 Å². The first-order valence-electron chi connectivity index (χ1n) is 11.2. The average Bonchev–Trinajstić information content (AvgIpc) is 3.17. The molecule has 2 heterocycles. The summed E-state index contributed by atoms with van der Waals surface area (Å²) in [5.41, 5.74) is 1.34. The van der Waals surface area contributed by atoms with Gasteiger partial charge in [-0.15, -0.1) is 0 Å². The van der Waals surface area contributed by atoms with Gasteiger partial charge in [-0.1, -0.05) is 25.1 Å². The molecular weight excluding hydrogens is 495 g/mol. The molecule has 0 amide bonds. The minimum Gasteiger partial charge on any atom is -0.457 e. The maximum absolute atomic E-state index is 13.1. The molecule has 1 N–H and O–H groups in total. The van der Waals surface area contributed by atoms with Crippen LogP contribution in [0.1, 0.15) is 50.1 Å². The van der Waals surface area contributed by atoms with Crippen LogP contribution in [0.15, 0.2) is 36.7 Å². The topological polar surface area (TPSA) is 81.9 Å². The van der Waals surface area contributed by atoms with Crippen molar-refractivity contribution in [2.24, 2.45) is 7.05 Å². The fourth-order valence-corrected chi connectivity index (χ4v) is 3.57. The average molecular weight is 522 g/mol. The third kappa shape index (κ3) is 7.07. The van der Waals surface area contributed by atoms with Crippen molar-refractivity contribution >= 4 is 29.5 Å². The first-order chi connectivity index (χ1) is 16.8. The predicted molar refractivity (Wildman–Crippen MR) is 132 cm³/mol. The van der Waals surface area contributed by atoms with Crippen LogP contribution in [0.4, 0.5) is 19.0 Å². The summed E-state index contributed by atoms with van der Waals surface area (Å²) >= 11 is 5.97. The van der Waals surface area contributed by atoms with Crippen molar-refractivity contribution in [3.8, 4) is 11.4 Å². The van der Waals surface area contributed by atoms with E-state index in [9.17, 15) is 18.0 Å². The van der Waals surface area contributed by atoms with Gasteiger partial charge < -0.3 is 14.6 Å². The van der Waals surface area contributed by atoms with Gasteiger partial charge in [-0.05, 0) is 56.0 Å². The zero-order valence-electron chi connectivity index (χ0n) is 20.6. The lowest BCUT2D eigenvalue weighted by molar-refractivity contribution is -0.148. The first kappa shape index (κ1) is 27.2. The number of hydrogen-bond donors (Lipinski definition) is 1. The highest BCUT2D eigenvalue weighted by Crippen LogP contribution is 2.32. The van der Waals surface area contributed by atoms with E-state index in [-0.39, 0.29) is 11.1 Å². The van der Waals surface area contributed by atoms with E-state index in [1.54, 1.807) is 26.8 Å². The Bertz CT molecular complexity index is 1280. The second kappa shape index (κ2) is 10.7. The van der Waals surface area contributed by atoms with E-state index in [2.05, 4.69) is 20.3 Å². The van der Waals surface area contributed by atoms with Gasteiger partial charge in [0, 0.05) is 43.2 Å². The standard InChI is InChI=1S/C25H27ClF3N5O2/c1-6-16-11-15(7-9-18(16)22-32-19(14-34(22)5)25(27,28)29)12-30-21-17(13-31-23(26)33-21)8-10-20(35)36-24(2,3)4/h7-11,13-14H,6,12H2,1-5H3,(H,30,31,33)/b10-8+. The monoisotopic (exact) mass is 521 g/mol. The Hall–Kier alpha value is -3.40. The summed E-state index contributed by atoms with van der Waals surface area (Å²) in [6.07, 6.45) is 1.37. The van der Waals surface area contributed by atoms with E-state index in [1.165, 1.54) is 30.0 Å². The summed E-state index contributed by atoms with van der Waals surface area (Å²) in [7, 11) is 1.54. The number of alkyl halides is 3. The number of halogens is 4. The van der Waals surface area contributed by atoms with Gasteiger partial charge in [0.1, 0.15) is 17.2 Å². The molecule has 0 spiro atoms. The zero-order chi connectivity index (χ0) is 26.7. The molecule has 0 atom stereocenters. The molecule has 0 radical (unpaired) electrons. The van der Waals surface area contributed by atoms with Crippen LogP contribution >= 0.6 is 11.6 Å². The van der Waals surface area contributed by atoms with Gasteiger partial charge in [0.25, 0.3) is 0 Å². The molecule has 1 aromatic carbocycles. The molecule has 3 rings (SSSR count). The van der Waals surface area contributed by atoms with Crippen molar-refractivity contribution < 1.29 is 22.7 Å². The van der Waals surface area contributed by atoms with Crippen LogP contribution in [0.2, 0.25) is 5.28 Å². The lowest BCUT2D eigenvalue weighted by Gasteiger charge is -2.18. The Labute approximate surface area is 212 Å². The van der Waals surface area contributed by atoms with Gasteiger partial charge in [-0.25, -0.2) is 19.7 Å². The normalized spacial score (nSPS) is 12.2. The summed E-state index contributed by atoms with van der Waals surface area (Å²) in [4.78, 5) is 24.0. The molecular formula is C25H27ClF3N5O2. The number of esters is 1. The number of nitrogens with zero attached hydrogens (tertiary/aromatic N) is 4. The molecule has 192 valence electrons. The molecule has 2 aromatic heterocycles. The Morgan fingerprint density at radius 2 is 1.94 bits per heavy atom. The second-order valence-corrected chi connectivity index (χ2v) is 9.40. The lowest BCUT2D eigenvalue weighted by Crippen LogP contribution is -2.22. The van der Waals surface area contributed by atoms with Crippen LogP contribution in [0.25, 0.3) is 17.5 Å². The van der Waals surface area contributed by atoms with E-state index in [4.69, 9.17) is 16.3 Å². The van der Waals surface area contributed by atoms with Crippen LogP contribution in [0, 0.1) is 0 Å². The minimum absolute atomic E-state index is 0.0340. The third-order valence-corrected chi connectivity index (χ3v) is 5.19. The van der Waals surface area contributed by atoms with E-state index in [1.807, 2.05) is 19.1 Å². The number of ether oxygens (including phenoxy) is 1. The summed E-state index contributed by atoms with van der Waals surface area (Å²) in [5, 5.41) is 3.21. The van der Waals surface area contributed by atoms with Crippen LogP contribution in [0.3, 0.4) is 0 Å². The number of anilines is 1. The van der Waals surface area contributed by atoms with Crippen molar-refractivity contribution in [1.82, 2.24) is 19.5 Å². The van der Waals surface area contributed by atoms with E-state index >= 15 is 0 Å². The number of nitrogens with one attached hydrogen (secondary N) is 1. The van der Waals surface area contributed by atoms with E-state index < -0.39 is 23.4 Å². The third-order valence-electron chi connectivity index (χ3n) is 5.01. The summed E-state index contributed by atoms with van der Waals surface area (Å²) < 4.78 is 46.0. The highest BCUT2D eigenvalue weighted by Gasteiger charge is 2.34. The van der Waals surface area contributed by atoms with Gasteiger partial charge >= 0.3 is 12.1 Å². The van der Waals surface area contributed by atoms with Gasteiger partial charge in [0.2, 0.25) is 5.28 Å². The van der Waals surface area contributed by atoms with Gasteiger partial charge in [-0.3, -0.25) is 0 Å². The molecule has 0 unspecified atom stereocenters. The maximum atomic E-state index is 13.1. The molecule has 36 heavy (non-hydrogen) atoms. The highest BCUT2D eigenvalue weighted by atomic mass is 35.5. The van der Waals surface area contributed by atoms with Crippen LogP contribution < -0.4 is 5.32 Å². The van der Waals surface area contributed by atoms with Crippen molar-refractivity contribution in [1.29, 1.82) is 0 Å². The fraction of sp³-hybridized carbons (Fsp3) is 0.360. The Morgan fingerprint density at radius 3 is 2.56 bits per heavy atom. The number of carbonyl (C=O) groups excluding carboxylic acids is 1. The zero-order valence-corrected chi connectivity index (χ0v) is 21.3. The molecule has 0 aliphatic carbocycles. The van der Waals surface area contributed by atoms with Crippen LogP contribution in [-0.4, -0.2) is 31.1 Å².